The van der Waals surface area contributed by atoms with Gasteiger partial charge >= 0.3 is 0 Å². The molecule has 0 aromatic rings. The van der Waals surface area contributed by atoms with Gasteiger partial charge in [-0.1, -0.05) is 33.1 Å². The minimum atomic E-state index is 0.0316. The van der Waals surface area contributed by atoms with E-state index in [1.54, 1.807) is 0 Å². The lowest BCUT2D eigenvalue weighted by Crippen LogP contribution is -2.51. The Morgan fingerprint density at radius 2 is 1.93 bits per heavy atom. The Bertz CT molecular complexity index is 522. The summed E-state index contributed by atoms with van der Waals surface area (Å²) in [6.45, 7) is 9.44. The topological polar surface area (TPSA) is 53.6 Å². The molecule has 160 valence electrons. The van der Waals surface area contributed by atoms with E-state index in [0.717, 1.165) is 39.3 Å². The number of hydrogen-bond acceptors (Lipinski definition) is 4. The van der Waals surface area contributed by atoms with Crippen molar-refractivity contribution in [2.75, 3.05) is 32.8 Å². The zero-order chi connectivity index (χ0) is 19.5. The first kappa shape index (κ1) is 20.6. The van der Waals surface area contributed by atoms with Gasteiger partial charge in [0.05, 0.1) is 19.3 Å². The standard InChI is InChI=1S/C23H41N3O2/c1-16-6-5-7-18-14-20(25-22(16)18)23(27)24-15-17(2)19-8-3-4-9-21(19)26-10-12-28-13-11-26/h16-22,25H,3-15H2,1-2H3,(H,24,27). The highest BCUT2D eigenvalue weighted by Gasteiger charge is 2.41. The first-order chi connectivity index (χ1) is 13.6. The van der Waals surface area contributed by atoms with Gasteiger partial charge in [0.25, 0.3) is 0 Å². The number of morpholine rings is 1. The monoisotopic (exact) mass is 391 g/mol. The fourth-order valence-corrected chi connectivity index (χ4v) is 6.58. The number of amides is 1. The maximum absolute atomic E-state index is 12.9. The van der Waals surface area contributed by atoms with Crippen molar-refractivity contribution in [1.82, 2.24) is 15.5 Å². The molecule has 7 atom stereocenters. The van der Waals surface area contributed by atoms with Crippen LogP contribution in [0.15, 0.2) is 0 Å². The lowest BCUT2D eigenvalue weighted by molar-refractivity contribution is -0.123. The minimum Gasteiger partial charge on any atom is -0.379 e. The maximum Gasteiger partial charge on any atom is 0.237 e. The molecule has 2 N–H and O–H groups in total. The van der Waals surface area contributed by atoms with Crippen LogP contribution in [0.3, 0.4) is 0 Å². The van der Waals surface area contributed by atoms with Crippen LogP contribution in [0, 0.1) is 23.7 Å². The van der Waals surface area contributed by atoms with Crippen molar-refractivity contribution >= 4 is 5.91 Å². The van der Waals surface area contributed by atoms with E-state index in [1.165, 1.54) is 44.9 Å². The molecule has 1 amide bonds. The summed E-state index contributed by atoms with van der Waals surface area (Å²) in [7, 11) is 0. The highest BCUT2D eigenvalue weighted by Crippen LogP contribution is 2.37. The number of rotatable bonds is 5. The quantitative estimate of drug-likeness (QED) is 0.757. The van der Waals surface area contributed by atoms with Crippen LogP contribution in [-0.4, -0.2) is 61.8 Å². The molecule has 2 aliphatic carbocycles. The largest absolute Gasteiger partial charge is 0.379 e. The van der Waals surface area contributed by atoms with E-state index in [2.05, 4.69) is 29.4 Å². The summed E-state index contributed by atoms with van der Waals surface area (Å²) in [5.74, 6) is 2.91. The molecule has 0 aromatic heterocycles. The van der Waals surface area contributed by atoms with Crippen molar-refractivity contribution in [3.05, 3.63) is 0 Å². The van der Waals surface area contributed by atoms with Crippen LogP contribution in [-0.2, 0) is 9.53 Å². The predicted molar refractivity (Wildman–Crippen MR) is 112 cm³/mol. The molecular formula is C23H41N3O2. The molecule has 0 aromatic carbocycles. The number of carbonyl (C=O) groups is 1. The van der Waals surface area contributed by atoms with E-state index in [4.69, 9.17) is 4.74 Å². The van der Waals surface area contributed by atoms with Crippen LogP contribution in [0.1, 0.15) is 65.2 Å². The molecule has 4 aliphatic rings. The molecule has 7 unspecified atom stereocenters. The average Bonchev–Trinajstić information content (AvgIpc) is 3.18. The number of ether oxygens (including phenoxy) is 1. The fourth-order valence-electron chi connectivity index (χ4n) is 6.58. The summed E-state index contributed by atoms with van der Waals surface area (Å²) >= 11 is 0. The summed E-state index contributed by atoms with van der Waals surface area (Å²) in [5.41, 5.74) is 0. The Morgan fingerprint density at radius 3 is 2.71 bits per heavy atom. The molecule has 28 heavy (non-hydrogen) atoms. The van der Waals surface area contributed by atoms with Gasteiger partial charge in [0.2, 0.25) is 5.91 Å². The van der Waals surface area contributed by atoms with Gasteiger partial charge in [-0.3, -0.25) is 9.69 Å². The lowest BCUT2D eigenvalue weighted by atomic mass is 9.76. The Labute approximate surface area is 171 Å². The summed E-state index contributed by atoms with van der Waals surface area (Å²) in [5, 5.41) is 7.00. The van der Waals surface area contributed by atoms with E-state index < -0.39 is 0 Å². The van der Waals surface area contributed by atoms with Crippen molar-refractivity contribution in [3.8, 4) is 0 Å². The van der Waals surface area contributed by atoms with E-state index in [9.17, 15) is 4.79 Å². The van der Waals surface area contributed by atoms with Gasteiger partial charge in [0.15, 0.2) is 0 Å². The Balaban J connectivity index is 1.28. The second-order valence-electron chi connectivity index (χ2n) is 10.0. The van der Waals surface area contributed by atoms with Gasteiger partial charge in [0, 0.05) is 31.7 Å². The second-order valence-corrected chi connectivity index (χ2v) is 10.0. The molecule has 0 radical (unpaired) electrons. The molecule has 2 saturated carbocycles. The number of fused-ring (bicyclic) bond motifs is 1. The van der Waals surface area contributed by atoms with E-state index in [1.807, 2.05) is 0 Å². The maximum atomic E-state index is 12.9. The van der Waals surface area contributed by atoms with E-state index in [0.29, 0.717) is 35.8 Å². The molecule has 2 heterocycles. The molecule has 2 aliphatic heterocycles. The van der Waals surface area contributed by atoms with Gasteiger partial charge in [-0.2, -0.15) is 0 Å². The molecular weight excluding hydrogens is 350 g/mol. The zero-order valence-corrected chi connectivity index (χ0v) is 18.0. The molecule has 0 bridgehead atoms. The Hall–Kier alpha value is -0.650. The van der Waals surface area contributed by atoms with Gasteiger partial charge in [-0.25, -0.2) is 0 Å². The van der Waals surface area contributed by atoms with Gasteiger partial charge in [0.1, 0.15) is 0 Å². The normalized spacial score (nSPS) is 40.6. The van der Waals surface area contributed by atoms with Crippen molar-refractivity contribution < 1.29 is 9.53 Å². The van der Waals surface area contributed by atoms with E-state index in [-0.39, 0.29) is 11.9 Å². The van der Waals surface area contributed by atoms with Crippen LogP contribution in [0.5, 0.6) is 0 Å². The highest BCUT2D eigenvalue weighted by molar-refractivity contribution is 5.82. The molecule has 0 spiro atoms. The van der Waals surface area contributed by atoms with Gasteiger partial charge < -0.3 is 15.4 Å². The first-order valence-electron chi connectivity index (χ1n) is 12.0. The van der Waals surface area contributed by atoms with Gasteiger partial charge in [-0.05, 0) is 55.8 Å². The van der Waals surface area contributed by atoms with Crippen LogP contribution in [0.4, 0.5) is 0 Å². The van der Waals surface area contributed by atoms with E-state index >= 15 is 0 Å². The van der Waals surface area contributed by atoms with Crippen molar-refractivity contribution in [1.29, 1.82) is 0 Å². The number of hydrogen-bond donors (Lipinski definition) is 2. The van der Waals surface area contributed by atoms with Crippen LogP contribution in [0.2, 0.25) is 0 Å². The molecule has 5 nitrogen and oxygen atoms in total. The smallest absolute Gasteiger partial charge is 0.237 e. The predicted octanol–water partition coefficient (Wildman–Crippen LogP) is 2.80. The Kier molecular flexibility index (Phi) is 6.95. The van der Waals surface area contributed by atoms with Gasteiger partial charge in [-0.15, -0.1) is 0 Å². The Morgan fingerprint density at radius 1 is 1.14 bits per heavy atom. The summed E-state index contributed by atoms with van der Waals surface area (Å²) in [4.78, 5) is 15.5. The zero-order valence-electron chi connectivity index (χ0n) is 18.0. The van der Waals surface area contributed by atoms with Crippen molar-refractivity contribution in [2.45, 2.75) is 83.3 Å². The van der Waals surface area contributed by atoms with Crippen LogP contribution < -0.4 is 10.6 Å². The summed E-state index contributed by atoms with van der Waals surface area (Å²) in [6.07, 6.45) is 10.3. The average molecular weight is 392 g/mol. The van der Waals surface area contributed by atoms with Crippen molar-refractivity contribution in [3.63, 3.8) is 0 Å². The third-order valence-corrected chi connectivity index (χ3v) is 8.23. The third kappa shape index (κ3) is 4.57. The molecule has 2 saturated heterocycles. The van der Waals surface area contributed by atoms with Crippen LogP contribution in [0.25, 0.3) is 0 Å². The SMILES string of the molecule is CC(CNC(=O)C1CC2CCCC(C)C2N1)C1CCCCC1N1CCOCC1. The molecule has 5 heteroatoms. The van der Waals surface area contributed by atoms with Crippen molar-refractivity contribution in [2.24, 2.45) is 23.7 Å². The summed E-state index contributed by atoms with van der Waals surface area (Å²) < 4.78 is 5.56. The molecule has 4 rings (SSSR count). The minimum absolute atomic E-state index is 0.0316. The number of carbonyl (C=O) groups excluding carboxylic acids is 1. The fraction of sp³-hybridized carbons (Fsp3) is 0.957. The second kappa shape index (κ2) is 9.44. The molecule has 4 fully saturated rings. The third-order valence-electron chi connectivity index (χ3n) is 8.23. The lowest BCUT2D eigenvalue weighted by Gasteiger charge is -2.44. The number of nitrogens with zero attached hydrogens (tertiary/aromatic N) is 1. The first-order valence-corrected chi connectivity index (χ1v) is 12.0. The number of nitrogens with one attached hydrogen (secondary N) is 2. The van der Waals surface area contributed by atoms with Crippen LogP contribution >= 0.6 is 0 Å². The highest BCUT2D eigenvalue weighted by atomic mass is 16.5. The summed E-state index contributed by atoms with van der Waals surface area (Å²) in [6, 6.07) is 1.27.